The number of rotatable bonds is 0. The summed E-state index contributed by atoms with van der Waals surface area (Å²) in [7, 11) is 0. The highest BCUT2D eigenvalue weighted by Crippen LogP contribution is 2.67. The van der Waals surface area contributed by atoms with Crippen LogP contribution < -0.4 is 0 Å². The van der Waals surface area contributed by atoms with Gasteiger partial charge in [0.15, 0.2) is 0 Å². The van der Waals surface area contributed by atoms with Gasteiger partial charge in [0.05, 0.1) is 0 Å². The first-order chi connectivity index (χ1) is 10.8. The minimum atomic E-state index is -0.900. The lowest BCUT2D eigenvalue weighted by atomic mass is 9.44. The summed E-state index contributed by atoms with van der Waals surface area (Å²) in [5.74, 6) is 5.83. The number of carbonyl (C=O) groups excluding carboxylic acids is 1. The van der Waals surface area contributed by atoms with Crippen molar-refractivity contribution < 1.29 is 9.90 Å². The van der Waals surface area contributed by atoms with Crippen molar-refractivity contribution in [1.82, 2.24) is 0 Å². The lowest BCUT2D eigenvalue weighted by Gasteiger charge is -2.60. The number of Topliss-reactive ketones (excluding diaryl/α,β-unsaturated/α-hetero) is 1. The van der Waals surface area contributed by atoms with E-state index in [4.69, 9.17) is 6.42 Å². The van der Waals surface area contributed by atoms with Gasteiger partial charge in [0.1, 0.15) is 11.4 Å². The number of fused-ring (bicyclic) bond motifs is 5. The molecule has 4 rings (SSSR count). The van der Waals surface area contributed by atoms with Crippen LogP contribution in [-0.2, 0) is 4.79 Å². The molecule has 2 nitrogen and oxygen atoms in total. The van der Waals surface area contributed by atoms with Crippen LogP contribution in [0.5, 0.6) is 0 Å². The summed E-state index contributed by atoms with van der Waals surface area (Å²) in [6.45, 7) is 4.71. The van der Waals surface area contributed by atoms with Gasteiger partial charge in [0, 0.05) is 18.3 Å². The van der Waals surface area contributed by atoms with E-state index in [0.29, 0.717) is 29.0 Å². The normalized spacial score (nSPS) is 55.5. The van der Waals surface area contributed by atoms with Gasteiger partial charge in [-0.25, -0.2) is 0 Å². The standard InChI is InChI=1S/C21H30O2/c1-4-21(23)12-9-18-16-6-5-14-13-15(22)7-10-19(14,2)17(16)8-11-20(18,21)3/h1,14,16-18,23H,5-13H2,2-3H3/t14-,16+,17-,18-,19-,20-,21-/m0/s1. The molecule has 4 aliphatic rings. The molecule has 0 bridgehead atoms. The van der Waals surface area contributed by atoms with Crippen LogP contribution in [0.4, 0.5) is 0 Å². The maximum Gasteiger partial charge on any atom is 0.133 e. The van der Waals surface area contributed by atoms with E-state index in [2.05, 4.69) is 19.8 Å². The van der Waals surface area contributed by atoms with E-state index in [1.165, 1.54) is 19.3 Å². The zero-order chi connectivity index (χ0) is 16.5. The van der Waals surface area contributed by atoms with Gasteiger partial charge in [0.25, 0.3) is 0 Å². The summed E-state index contributed by atoms with van der Waals surface area (Å²) < 4.78 is 0. The van der Waals surface area contributed by atoms with E-state index in [0.717, 1.165) is 44.4 Å². The van der Waals surface area contributed by atoms with E-state index < -0.39 is 5.60 Å². The predicted octanol–water partition coefficient (Wildman–Crippen LogP) is 3.96. The molecule has 4 saturated carbocycles. The van der Waals surface area contributed by atoms with E-state index in [1.54, 1.807) is 0 Å². The number of terminal acetylenes is 1. The van der Waals surface area contributed by atoms with Gasteiger partial charge in [-0.1, -0.05) is 19.8 Å². The molecular weight excluding hydrogens is 284 g/mol. The van der Waals surface area contributed by atoms with Crippen molar-refractivity contribution >= 4 is 5.78 Å². The molecular formula is C21H30O2. The highest BCUT2D eigenvalue weighted by atomic mass is 16.3. The number of carbonyl (C=O) groups is 1. The minimum absolute atomic E-state index is 0.101. The fourth-order valence-electron chi connectivity index (χ4n) is 7.30. The molecule has 0 heterocycles. The van der Waals surface area contributed by atoms with Crippen molar-refractivity contribution in [3.05, 3.63) is 0 Å². The molecule has 1 N–H and O–H groups in total. The summed E-state index contributed by atoms with van der Waals surface area (Å²) in [6, 6.07) is 0. The average molecular weight is 314 g/mol. The van der Waals surface area contributed by atoms with Gasteiger partial charge >= 0.3 is 0 Å². The maximum absolute atomic E-state index is 11.9. The molecule has 0 saturated heterocycles. The number of ketones is 1. The van der Waals surface area contributed by atoms with E-state index in [1.807, 2.05) is 0 Å². The smallest absolute Gasteiger partial charge is 0.133 e. The Hall–Kier alpha value is -0.810. The van der Waals surface area contributed by atoms with Crippen molar-refractivity contribution in [2.45, 2.75) is 77.2 Å². The molecule has 0 amide bonds. The average Bonchev–Trinajstić information content (AvgIpc) is 2.80. The van der Waals surface area contributed by atoms with E-state index in [9.17, 15) is 9.90 Å². The van der Waals surface area contributed by atoms with E-state index in [-0.39, 0.29) is 5.41 Å². The van der Waals surface area contributed by atoms with Crippen LogP contribution >= 0.6 is 0 Å². The topological polar surface area (TPSA) is 37.3 Å². The first kappa shape index (κ1) is 15.7. The van der Waals surface area contributed by atoms with Crippen molar-refractivity contribution in [2.75, 3.05) is 0 Å². The summed E-state index contributed by atoms with van der Waals surface area (Å²) in [4.78, 5) is 11.9. The molecule has 7 atom stereocenters. The lowest BCUT2D eigenvalue weighted by molar-refractivity contribution is -0.147. The summed E-state index contributed by atoms with van der Waals surface area (Å²) >= 11 is 0. The number of hydrogen-bond acceptors (Lipinski definition) is 2. The third-order valence-electron chi connectivity index (χ3n) is 8.87. The van der Waals surface area contributed by atoms with Gasteiger partial charge < -0.3 is 5.11 Å². The first-order valence-electron chi connectivity index (χ1n) is 9.56. The van der Waals surface area contributed by atoms with Crippen LogP contribution in [0.15, 0.2) is 0 Å². The molecule has 0 radical (unpaired) electrons. The van der Waals surface area contributed by atoms with Crippen LogP contribution in [0.2, 0.25) is 0 Å². The van der Waals surface area contributed by atoms with Gasteiger partial charge in [-0.2, -0.15) is 0 Å². The Bertz CT molecular complexity index is 575. The molecule has 126 valence electrons. The zero-order valence-corrected chi connectivity index (χ0v) is 14.6. The Morgan fingerprint density at radius 2 is 1.83 bits per heavy atom. The zero-order valence-electron chi connectivity index (χ0n) is 14.6. The molecule has 0 aromatic rings. The van der Waals surface area contributed by atoms with Crippen LogP contribution in [-0.4, -0.2) is 16.5 Å². The predicted molar refractivity (Wildman–Crippen MR) is 90.5 cm³/mol. The third kappa shape index (κ3) is 1.89. The van der Waals surface area contributed by atoms with Crippen molar-refractivity contribution in [3.63, 3.8) is 0 Å². The molecule has 0 unspecified atom stereocenters. The largest absolute Gasteiger partial charge is 0.377 e. The van der Waals surface area contributed by atoms with Gasteiger partial charge in [-0.3, -0.25) is 4.79 Å². The molecule has 4 fully saturated rings. The van der Waals surface area contributed by atoms with Gasteiger partial charge in [-0.05, 0) is 74.0 Å². The van der Waals surface area contributed by atoms with Gasteiger partial charge in [-0.15, -0.1) is 6.42 Å². The molecule has 0 aromatic carbocycles. The molecule has 0 aliphatic heterocycles. The molecule has 23 heavy (non-hydrogen) atoms. The Morgan fingerprint density at radius 1 is 1.09 bits per heavy atom. The second-order valence-corrected chi connectivity index (χ2v) is 9.40. The molecule has 0 aromatic heterocycles. The van der Waals surface area contributed by atoms with Crippen LogP contribution in [0.3, 0.4) is 0 Å². The Labute approximate surface area is 140 Å². The van der Waals surface area contributed by atoms with Crippen molar-refractivity contribution in [3.8, 4) is 12.3 Å². The van der Waals surface area contributed by atoms with Crippen LogP contribution in [0.1, 0.15) is 71.6 Å². The van der Waals surface area contributed by atoms with Crippen LogP contribution in [0, 0.1) is 46.8 Å². The van der Waals surface area contributed by atoms with E-state index >= 15 is 0 Å². The summed E-state index contributed by atoms with van der Waals surface area (Å²) in [5, 5.41) is 11.0. The highest BCUT2D eigenvalue weighted by molar-refractivity contribution is 5.79. The second-order valence-electron chi connectivity index (χ2n) is 9.40. The Kier molecular flexibility index (Phi) is 3.31. The number of aliphatic hydroxyl groups is 1. The molecule has 2 heteroatoms. The summed E-state index contributed by atoms with van der Waals surface area (Å²) in [6.07, 6.45) is 14.9. The van der Waals surface area contributed by atoms with Crippen LogP contribution in [0.25, 0.3) is 0 Å². The Balaban J connectivity index is 1.66. The first-order valence-corrected chi connectivity index (χ1v) is 9.56. The fraction of sp³-hybridized carbons (Fsp3) is 0.857. The van der Waals surface area contributed by atoms with Crippen molar-refractivity contribution in [2.24, 2.45) is 34.5 Å². The third-order valence-corrected chi connectivity index (χ3v) is 8.87. The highest BCUT2D eigenvalue weighted by Gasteiger charge is 2.64. The summed E-state index contributed by atoms with van der Waals surface area (Å²) in [5.41, 5.74) is -0.658. The second kappa shape index (κ2) is 4.85. The van der Waals surface area contributed by atoms with Crippen molar-refractivity contribution in [1.29, 1.82) is 0 Å². The van der Waals surface area contributed by atoms with Gasteiger partial charge in [0.2, 0.25) is 0 Å². The molecule has 0 spiro atoms. The molecule has 4 aliphatic carbocycles. The maximum atomic E-state index is 11.9. The quantitative estimate of drug-likeness (QED) is 0.687. The Morgan fingerprint density at radius 3 is 2.57 bits per heavy atom. The monoisotopic (exact) mass is 314 g/mol. The number of hydrogen-bond donors (Lipinski definition) is 1. The lowest BCUT2D eigenvalue weighted by Crippen LogP contribution is -2.56. The fourth-order valence-corrected chi connectivity index (χ4v) is 7.30. The SMILES string of the molecule is C#C[C@]1(O)CC[C@H]2[C@@H]3CC[C@H]4CC(=O)CC[C@]4(C)[C@H]3CC[C@@]21C. The minimum Gasteiger partial charge on any atom is -0.377 e.